The first-order chi connectivity index (χ1) is 6.29. The number of H-pyrrole nitrogens is 1. The van der Waals surface area contributed by atoms with E-state index >= 15 is 0 Å². The molecule has 2 N–H and O–H groups in total. The number of aromatic amines is 1. The van der Waals surface area contributed by atoms with Crippen LogP contribution in [0.1, 0.15) is 24.6 Å². The Balaban J connectivity index is 2.27. The monoisotopic (exact) mass is 181 g/mol. The Morgan fingerprint density at radius 1 is 1.46 bits per heavy atom. The van der Waals surface area contributed by atoms with Gasteiger partial charge in [0.15, 0.2) is 0 Å². The molecule has 0 amide bonds. The third kappa shape index (κ3) is 1.54. The molecule has 1 fully saturated rings. The van der Waals surface area contributed by atoms with Gasteiger partial charge in [0.05, 0.1) is 0 Å². The van der Waals surface area contributed by atoms with Gasteiger partial charge in [-0.15, -0.1) is 0 Å². The van der Waals surface area contributed by atoms with E-state index in [9.17, 15) is 4.79 Å². The summed E-state index contributed by atoms with van der Waals surface area (Å²) in [4.78, 5) is 14.1. The fraction of sp³-hybridized carbons (Fsp3) is 0.667. The highest BCUT2D eigenvalue weighted by molar-refractivity contribution is 4.98. The zero-order valence-corrected chi connectivity index (χ0v) is 7.84. The van der Waals surface area contributed by atoms with E-state index in [0.29, 0.717) is 6.04 Å². The van der Waals surface area contributed by atoms with E-state index in [0.717, 1.165) is 31.6 Å². The average molecular weight is 181 g/mol. The van der Waals surface area contributed by atoms with E-state index < -0.39 is 0 Å². The summed E-state index contributed by atoms with van der Waals surface area (Å²) in [5, 5.41) is 3.29. The van der Waals surface area contributed by atoms with Gasteiger partial charge in [0.25, 0.3) is 0 Å². The Morgan fingerprint density at radius 2 is 2.15 bits per heavy atom. The molecule has 0 radical (unpaired) electrons. The van der Waals surface area contributed by atoms with E-state index in [2.05, 4.69) is 10.3 Å². The molecular formula is C9H15N3O. The molecule has 0 aromatic carbocycles. The quantitative estimate of drug-likeness (QED) is 0.659. The smallest absolute Gasteiger partial charge is 0.317 e. The van der Waals surface area contributed by atoms with Crippen LogP contribution >= 0.6 is 0 Å². The lowest BCUT2D eigenvalue weighted by Gasteiger charge is -2.24. The fourth-order valence-corrected chi connectivity index (χ4v) is 1.98. The van der Waals surface area contributed by atoms with Crippen molar-refractivity contribution in [3.63, 3.8) is 0 Å². The van der Waals surface area contributed by atoms with Crippen molar-refractivity contribution in [2.24, 2.45) is 0 Å². The van der Waals surface area contributed by atoms with Gasteiger partial charge < -0.3 is 10.3 Å². The number of aryl methyl sites for hydroxylation is 1. The first-order valence-corrected chi connectivity index (χ1v) is 4.76. The normalized spacial score (nSPS) is 19.2. The second-order valence-electron chi connectivity index (χ2n) is 3.59. The SMILES string of the molecule is Cc1c[nH]c(=O)n1C1CCNCC1. The number of aromatic nitrogens is 2. The largest absolute Gasteiger partial charge is 0.325 e. The Morgan fingerprint density at radius 3 is 2.69 bits per heavy atom. The van der Waals surface area contributed by atoms with Gasteiger partial charge in [-0.1, -0.05) is 0 Å². The van der Waals surface area contributed by atoms with Crippen LogP contribution in [-0.4, -0.2) is 22.6 Å². The van der Waals surface area contributed by atoms with Crippen molar-refractivity contribution >= 4 is 0 Å². The molecule has 0 saturated carbocycles. The standard InChI is InChI=1S/C9H15N3O/c1-7-6-11-9(13)12(7)8-2-4-10-5-3-8/h6,8,10H,2-5H2,1H3,(H,11,13). The Bertz CT molecular complexity index is 333. The number of nitrogens with zero attached hydrogens (tertiary/aromatic N) is 1. The first kappa shape index (κ1) is 8.56. The van der Waals surface area contributed by atoms with Crippen LogP contribution in [-0.2, 0) is 0 Å². The molecule has 1 aliphatic heterocycles. The molecule has 72 valence electrons. The van der Waals surface area contributed by atoms with Crippen LogP contribution in [0, 0.1) is 6.92 Å². The lowest BCUT2D eigenvalue weighted by atomic mass is 10.1. The number of piperidine rings is 1. The first-order valence-electron chi connectivity index (χ1n) is 4.76. The van der Waals surface area contributed by atoms with E-state index in [-0.39, 0.29) is 5.69 Å². The predicted octanol–water partition coefficient (Wildman–Crippen LogP) is 0.409. The molecule has 4 nitrogen and oxygen atoms in total. The van der Waals surface area contributed by atoms with E-state index in [1.807, 2.05) is 11.5 Å². The molecular weight excluding hydrogens is 166 g/mol. The van der Waals surface area contributed by atoms with Crippen LogP contribution in [0.4, 0.5) is 0 Å². The maximum absolute atomic E-state index is 11.4. The Labute approximate surface area is 77.0 Å². The Kier molecular flexibility index (Phi) is 2.22. The molecule has 1 aromatic rings. The fourth-order valence-electron chi connectivity index (χ4n) is 1.98. The minimum Gasteiger partial charge on any atom is -0.317 e. The molecule has 0 spiro atoms. The number of nitrogens with one attached hydrogen (secondary N) is 2. The van der Waals surface area contributed by atoms with E-state index in [4.69, 9.17) is 0 Å². The minimum atomic E-state index is 0.0319. The van der Waals surface area contributed by atoms with Crippen LogP contribution in [0.15, 0.2) is 11.0 Å². The van der Waals surface area contributed by atoms with Crippen molar-refractivity contribution in [2.75, 3.05) is 13.1 Å². The van der Waals surface area contributed by atoms with Gasteiger partial charge in [0.1, 0.15) is 0 Å². The van der Waals surface area contributed by atoms with Crippen LogP contribution < -0.4 is 11.0 Å². The minimum absolute atomic E-state index is 0.0319. The van der Waals surface area contributed by atoms with Gasteiger partial charge >= 0.3 is 5.69 Å². The number of imidazole rings is 1. The zero-order chi connectivity index (χ0) is 9.26. The molecule has 0 bridgehead atoms. The van der Waals surface area contributed by atoms with Gasteiger partial charge in [0, 0.05) is 17.9 Å². The highest BCUT2D eigenvalue weighted by atomic mass is 16.1. The second kappa shape index (κ2) is 3.38. The summed E-state index contributed by atoms with van der Waals surface area (Å²) in [6, 6.07) is 0.389. The zero-order valence-electron chi connectivity index (χ0n) is 7.84. The van der Waals surface area contributed by atoms with Gasteiger partial charge in [-0.25, -0.2) is 4.79 Å². The molecule has 0 aliphatic carbocycles. The van der Waals surface area contributed by atoms with Gasteiger partial charge in [-0.2, -0.15) is 0 Å². The van der Waals surface area contributed by atoms with Gasteiger partial charge in [-0.05, 0) is 32.9 Å². The third-order valence-electron chi connectivity index (χ3n) is 2.68. The van der Waals surface area contributed by atoms with Gasteiger partial charge in [-0.3, -0.25) is 4.57 Å². The molecule has 1 aromatic heterocycles. The highest BCUT2D eigenvalue weighted by Crippen LogP contribution is 2.17. The van der Waals surface area contributed by atoms with E-state index in [1.165, 1.54) is 0 Å². The predicted molar refractivity (Wildman–Crippen MR) is 50.9 cm³/mol. The van der Waals surface area contributed by atoms with Crippen molar-refractivity contribution in [3.8, 4) is 0 Å². The summed E-state index contributed by atoms with van der Waals surface area (Å²) in [6.45, 7) is 4.00. The second-order valence-corrected chi connectivity index (χ2v) is 3.59. The topological polar surface area (TPSA) is 49.8 Å². The summed E-state index contributed by atoms with van der Waals surface area (Å²) in [6.07, 6.45) is 3.89. The van der Waals surface area contributed by atoms with E-state index in [1.54, 1.807) is 6.20 Å². The summed E-state index contributed by atoms with van der Waals surface area (Å²) >= 11 is 0. The molecule has 13 heavy (non-hydrogen) atoms. The van der Waals surface area contributed by atoms with Crippen LogP contribution in [0.2, 0.25) is 0 Å². The third-order valence-corrected chi connectivity index (χ3v) is 2.68. The summed E-state index contributed by atoms with van der Waals surface area (Å²) < 4.78 is 1.88. The van der Waals surface area contributed by atoms with Crippen LogP contribution in [0.5, 0.6) is 0 Å². The van der Waals surface area contributed by atoms with Crippen molar-refractivity contribution < 1.29 is 0 Å². The highest BCUT2D eigenvalue weighted by Gasteiger charge is 2.17. The number of hydrogen-bond donors (Lipinski definition) is 2. The van der Waals surface area contributed by atoms with Crippen molar-refractivity contribution in [1.82, 2.24) is 14.9 Å². The van der Waals surface area contributed by atoms with Crippen molar-refractivity contribution in [1.29, 1.82) is 0 Å². The number of rotatable bonds is 1. The molecule has 1 saturated heterocycles. The van der Waals surface area contributed by atoms with Gasteiger partial charge in [0.2, 0.25) is 0 Å². The van der Waals surface area contributed by atoms with Crippen molar-refractivity contribution in [2.45, 2.75) is 25.8 Å². The lowest BCUT2D eigenvalue weighted by Crippen LogP contribution is -2.33. The Hall–Kier alpha value is -1.03. The molecule has 4 heteroatoms. The average Bonchev–Trinajstić information content (AvgIpc) is 2.48. The maximum atomic E-state index is 11.4. The lowest BCUT2D eigenvalue weighted by molar-refractivity contribution is 0.357. The summed E-state index contributed by atoms with van der Waals surface area (Å²) in [7, 11) is 0. The molecule has 0 unspecified atom stereocenters. The van der Waals surface area contributed by atoms with Crippen LogP contribution in [0.3, 0.4) is 0 Å². The molecule has 2 heterocycles. The molecule has 1 aliphatic rings. The molecule has 2 rings (SSSR count). The molecule has 0 atom stereocenters. The van der Waals surface area contributed by atoms with Crippen molar-refractivity contribution in [3.05, 3.63) is 22.4 Å². The summed E-state index contributed by atoms with van der Waals surface area (Å²) in [5.41, 5.74) is 1.07. The van der Waals surface area contributed by atoms with Crippen LogP contribution in [0.25, 0.3) is 0 Å². The maximum Gasteiger partial charge on any atom is 0.325 e. The number of hydrogen-bond acceptors (Lipinski definition) is 2. The summed E-state index contributed by atoms with van der Waals surface area (Å²) in [5.74, 6) is 0.